The summed E-state index contributed by atoms with van der Waals surface area (Å²) in [6.45, 7) is 2.90. The highest BCUT2D eigenvalue weighted by molar-refractivity contribution is 7.89. The van der Waals surface area contributed by atoms with Crippen LogP contribution in [0.3, 0.4) is 0 Å². The Morgan fingerprint density at radius 2 is 2.23 bits per heavy atom. The van der Waals surface area contributed by atoms with E-state index in [-0.39, 0.29) is 11.7 Å². The smallest absolute Gasteiger partial charge is 0.245 e. The number of sulfonamides is 1. The Balaban J connectivity index is 1.83. The fourth-order valence-corrected chi connectivity index (χ4v) is 5.07. The van der Waals surface area contributed by atoms with Crippen LogP contribution < -0.4 is 4.90 Å². The molecule has 3 rings (SSSR count). The lowest BCUT2D eigenvalue weighted by atomic mass is 10.2. The van der Waals surface area contributed by atoms with Gasteiger partial charge in [0.25, 0.3) is 0 Å². The Bertz CT molecular complexity index is 674. The van der Waals surface area contributed by atoms with E-state index in [2.05, 4.69) is 4.98 Å². The van der Waals surface area contributed by atoms with Gasteiger partial charge in [0.15, 0.2) is 0 Å². The van der Waals surface area contributed by atoms with Crippen molar-refractivity contribution in [2.24, 2.45) is 0 Å². The lowest BCUT2D eigenvalue weighted by molar-refractivity contribution is -0.121. The molecule has 1 amide bonds. The average molecular weight is 323 g/mol. The highest BCUT2D eigenvalue weighted by Crippen LogP contribution is 2.31. The number of carbonyl (C=O) groups excluding carboxylic acids is 1. The van der Waals surface area contributed by atoms with Crippen molar-refractivity contribution < 1.29 is 13.2 Å². The van der Waals surface area contributed by atoms with Crippen molar-refractivity contribution in [2.75, 3.05) is 23.7 Å². The highest BCUT2D eigenvalue weighted by atomic mass is 32.2. The second kappa shape index (κ2) is 5.96. The van der Waals surface area contributed by atoms with Crippen molar-refractivity contribution in [3.05, 3.63) is 24.0 Å². The predicted molar refractivity (Wildman–Crippen MR) is 84.1 cm³/mol. The maximum absolute atomic E-state index is 12.9. The van der Waals surface area contributed by atoms with Crippen LogP contribution in [0.2, 0.25) is 0 Å². The molecule has 2 aliphatic heterocycles. The number of hydrogen-bond donors (Lipinski definition) is 0. The molecule has 6 nitrogen and oxygen atoms in total. The van der Waals surface area contributed by atoms with E-state index in [9.17, 15) is 13.2 Å². The second-order valence-corrected chi connectivity index (χ2v) is 7.87. The summed E-state index contributed by atoms with van der Waals surface area (Å²) in [6, 6.07) is 1.29. The molecule has 7 heteroatoms. The van der Waals surface area contributed by atoms with Crippen LogP contribution in [0.4, 0.5) is 5.69 Å². The molecule has 1 fully saturated rings. The highest BCUT2D eigenvalue weighted by Gasteiger charge is 2.41. The molecule has 1 saturated heterocycles. The first-order valence-corrected chi connectivity index (χ1v) is 9.39. The molecule has 0 spiro atoms. The van der Waals surface area contributed by atoms with Crippen molar-refractivity contribution in [2.45, 2.75) is 38.6 Å². The molecule has 0 aromatic carbocycles. The number of rotatable bonds is 4. The van der Waals surface area contributed by atoms with Crippen LogP contribution >= 0.6 is 0 Å². The summed E-state index contributed by atoms with van der Waals surface area (Å²) in [7, 11) is -3.34. The van der Waals surface area contributed by atoms with Crippen molar-refractivity contribution >= 4 is 21.6 Å². The van der Waals surface area contributed by atoms with Crippen LogP contribution in [0.1, 0.15) is 31.7 Å². The van der Waals surface area contributed by atoms with Gasteiger partial charge >= 0.3 is 0 Å². The molecule has 120 valence electrons. The van der Waals surface area contributed by atoms with E-state index in [0.717, 1.165) is 24.1 Å². The molecule has 2 aliphatic rings. The van der Waals surface area contributed by atoms with E-state index in [0.29, 0.717) is 25.9 Å². The zero-order valence-electron chi connectivity index (χ0n) is 12.7. The Morgan fingerprint density at radius 3 is 3.00 bits per heavy atom. The van der Waals surface area contributed by atoms with Crippen molar-refractivity contribution in [3.8, 4) is 0 Å². The van der Waals surface area contributed by atoms with Gasteiger partial charge in [-0.15, -0.1) is 0 Å². The maximum Gasteiger partial charge on any atom is 0.245 e. The number of hydrogen-bond acceptors (Lipinski definition) is 4. The minimum atomic E-state index is -3.34. The number of aromatic nitrogens is 1. The largest absolute Gasteiger partial charge is 0.310 e. The SMILES string of the molecule is CCCS(=O)(=O)N1CCCC1C(=O)N1CCc2cnccc21. The normalized spacial score (nSPS) is 22.0. The maximum atomic E-state index is 12.9. The van der Waals surface area contributed by atoms with Gasteiger partial charge in [-0.25, -0.2) is 8.42 Å². The quantitative estimate of drug-likeness (QED) is 0.834. The number of amides is 1. The monoisotopic (exact) mass is 323 g/mol. The van der Waals surface area contributed by atoms with Gasteiger partial charge < -0.3 is 4.90 Å². The van der Waals surface area contributed by atoms with E-state index in [4.69, 9.17) is 0 Å². The van der Waals surface area contributed by atoms with Crippen LogP contribution in [0, 0.1) is 0 Å². The summed E-state index contributed by atoms with van der Waals surface area (Å²) in [6.07, 6.45) is 6.16. The third-order valence-electron chi connectivity index (χ3n) is 4.35. The van der Waals surface area contributed by atoms with E-state index in [1.54, 1.807) is 17.3 Å². The minimum Gasteiger partial charge on any atom is -0.310 e. The molecule has 0 aliphatic carbocycles. The van der Waals surface area contributed by atoms with Gasteiger partial charge in [0, 0.05) is 31.2 Å². The van der Waals surface area contributed by atoms with Crippen LogP contribution in [0.25, 0.3) is 0 Å². The molecule has 3 heterocycles. The van der Waals surface area contributed by atoms with Crippen LogP contribution in [0.15, 0.2) is 18.5 Å². The van der Waals surface area contributed by atoms with Gasteiger partial charge in [-0.05, 0) is 37.3 Å². The Hall–Kier alpha value is -1.47. The Kier molecular flexibility index (Phi) is 4.18. The third-order valence-corrected chi connectivity index (χ3v) is 6.42. The first-order valence-electron chi connectivity index (χ1n) is 7.78. The summed E-state index contributed by atoms with van der Waals surface area (Å²) in [4.78, 5) is 18.7. The zero-order chi connectivity index (χ0) is 15.7. The lowest BCUT2D eigenvalue weighted by Gasteiger charge is -2.27. The molecule has 1 unspecified atom stereocenters. The van der Waals surface area contributed by atoms with Crippen LogP contribution in [-0.4, -0.2) is 48.5 Å². The van der Waals surface area contributed by atoms with E-state index in [1.807, 2.05) is 13.0 Å². The summed E-state index contributed by atoms with van der Waals surface area (Å²) < 4.78 is 26.1. The van der Waals surface area contributed by atoms with Crippen molar-refractivity contribution in [1.82, 2.24) is 9.29 Å². The summed E-state index contributed by atoms with van der Waals surface area (Å²) >= 11 is 0. The first kappa shape index (κ1) is 15.4. The zero-order valence-corrected chi connectivity index (χ0v) is 13.6. The molecule has 22 heavy (non-hydrogen) atoms. The van der Waals surface area contributed by atoms with E-state index < -0.39 is 16.1 Å². The van der Waals surface area contributed by atoms with Crippen LogP contribution in [0.5, 0.6) is 0 Å². The fourth-order valence-electron chi connectivity index (χ4n) is 3.33. The third kappa shape index (κ3) is 2.63. The standard InChI is InChI=1S/C15H21N3O3S/c1-2-10-22(20,21)18-8-3-4-14(18)15(19)17-9-6-12-11-16-7-5-13(12)17/h5,7,11,14H,2-4,6,8-10H2,1H3. The van der Waals surface area contributed by atoms with Gasteiger partial charge in [-0.3, -0.25) is 9.78 Å². The molecule has 0 saturated carbocycles. The number of nitrogens with zero attached hydrogens (tertiary/aromatic N) is 3. The van der Waals surface area contributed by atoms with Crippen molar-refractivity contribution in [1.29, 1.82) is 0 Å². The number of anilines is 1. The van der Waals surface area contributed by atoms with Crippen LogP contribution in [-0.2, 0) is 21.2 Å². The Morgan fingerprint density at radius 1 is 1.41 bits per heavy atom. The minimum absolute atomic E-state index is 0.0953. The number of carbonyl (C=O) groups is 1. The molecule has 0 N–H and O–H groups in total. The molecule has 1 aromatic heterocycles. The van der Waals surface area contributed by atoms with Crippen molar-refractivity contribution in [3.63, 3.8) is 0 Å². The number of fused-ring (bicyclic) bond motifs is 1. The molecule has 0 bridgehead atoms. The van der Waals surface area contributed by atoms with E-state index >= 15 is 0 Å². The van der Waals surface area contributed by atoms with Gasteiger partial charge in [-0.2, -0.15) is 4.31 Å². The van der Waals surface area contributed by atoms with Gasteiger partial charge in [0.1, 0.15) is 6.04 Å². The summed E-state index contributed by atoms with van der Waals surface area (Å²) in [5.41, 5.74) is 1.93. The second-order valence-electron chi connectivity index (χ2n) is 5.83. The van der Waals surface area contributed by atoms with Gasteiger partial charge in [0.2, 0.25) is 15.9 Å². The van der Waals surface area contributed by atoms with Gasteiger partial charge in [-0.1, -0.05) is 6.92 Å². The fraction of sp³-hybridized carbons (Fsp3) is 0.600. The van der Waals surface area contributed by atoms with E-state index in [1.165, 1.54) is 4.31 Å². The number of pyridine rings is 1. The summed E-state index contributed by atoms with van der Waals surface area (Å²) in [5, 5.41) is 0. The topological polar surface area (TPSA) is 70.6 Å². The summed E-state index contributed by atoms with van der Waals surface area (Å²) in [5.74, 6) is 0.0132. The molecule has 1 aromatic rings. The van der Waals surface area contributed by atoms with Gasteiger partial charge in [0.05, 0.1) is 5.75 Å². The molecular weight excluding hydrogens is 302 g/mol. The average Bonchev–Trinajstić information content (AvgIpc) is 3.14. The molecule has 0 radical (unpaired) electrons. The predicted octanol–water partition coefficient (Wildman–Crippen LogP) is 1.17. The molecule has 1 atom stereocenters. The lowest BCUT2D eigenvalue weighted by Crippen LogP contribution is -2.48. The first-order chi connectivity index (χ1) is 10.5. The molecular formula is C15H21N3O3S. The Labute approximate surface area is 131 Å².